The number of nitrogens with zero attached hydrogens (tertiary/aromatic N) is 2. The van der Waals surface area contributed by atoms with Crippen molar-refractivity contribution in [1.82, 2.24) is 15.5 Å². The van der Waals surface area contributed by atoms with Crippen molar-refractivity contribution in [3.8, 4) is 6.07 Å². The van der Waals surface area contributed by atoms with E-state index in [-0.39, 0.29) is 67.6 Å². The third-order valence-corrected chi connectivity index (χ3v) is 9.01. The minimum absolute atomic E-state index is 0.0229. The summed E-state index contributed by atoms with van der Waals surface area (Å²) in [7, 11) is 0. The van der Waals surface area contributed by atoms with Gasteiger partial charge in [-0.25, -0.2) is 13.6 Å². The molecule has 4 fully saturated rings. The van der Waals surface area contributed by atoms with Gasteiger partial charge in [0.05, 0.1) is 18.0 Å². The number of thioether (sulfide) groups is 1. The van der Waals surface area contributed by atoms with Gasteiger partial charge >= 0.3 is 6.09 Å². The Morgan fingerprint density at radius 3 is 2.61 bits per heavy atom. The molecule has 2 aliphatic heterocycles. The Kier molecular flexibility index (Phi) is 8.37. The first-order valence-corrected chi connectivity index (χ1v) is 13.7. The van der Waals surface area contributed by atoms with Crippen LogP contribution in [-0.4, -0.2) is 70.4 Å². The lowest BCUT2D eigenvalue weighted by Crippen LogP contribution is -2.59. The Morgan fingerprint density at radius 2 is 1.94 bits per heavy atom. The highest BCUT2D eigenvalue weighted by Gasteiger charge is 2.47. The second-order valence-corrected chi connectivity index (χ2v) is 11.4. The van der Waals surface area contributed by atoms with Gasteiger partial charge in [-0.15, -0.1) is 11.8 Å². The molecule has 0 aromatic rings. The number of Topliss-reactive ketones (excluding diaryl/α,β-unsaturated/α-hetero) is 1. The molecule has 0 aromatic heterocycles. The van der Waals surface area contributed by atoms with Gasteiger partial charge in [-0.1, -0.05) is 0 Å². The van der Waals surface area contributed by atoms with E-state index in [1.165, 1.54) is 16.7 Å². The van der Waals surface area contributed by atoms with Gasteiger partial charge in [0.15, 0.2) is 0 Å². The largest absolute Gasteiger partial charge is 0.449 e. The summed E-state index contributed by atoms with van der Waals surface area (Å²) in [5.74, 6) is -3.32. The first kappa shape index (κ1) is 26.6. The summed E-state index contributed by atoms with van der Waals surface area (Å²) >= 11 is 1.49. The maximum Gasteiger partial charge on any atom is 0.407 e. The van der Waals surface area contributed by atoms with Gasteiger partial charge < -0.3 is 20.3 Å². The van der Waals surface area contributed by atoms with E-state index in [1.54, 1.807) is 0 Å². The summed E-state index contributed by atoms with van der Waals surface area (Å²) in [6, 6.07) is -0.367. The predicted octanol–water partition coefficient (Wildman–Crippen LogP) is 2.74. The Morgan fingerprint density at radius 1 is 1.19 bits per heavy atom. The van der Waals surface area contributed by atoms with Crippen LogP contribution >= 0.6 is 11.8 Å². The molecule has 0 aromatic carbocycles. The highest BCUT2D eigenvalue weighted by molar-refractivity contribution is 8.00. The Bertz CT molecular complexity index is 919. The minimum Gasteiger partial charge on any atom is -0.449 e. The first-order valence-electron chi connectivity index (χ1n) is 12.6. The van der Waals surface area contributed by atoms with E-state index >= 15 is 0 Å². The number of alkyl halides is 2. The van der Waals surface area contributed by atoms with E-state index in [9.17, 15) is 33.2 Å². The Labute approximate surface area is 213 Å². The van der Waals surface area contributed by atoms with Gasteiger partial charge in [-0.2, -0.15) is 5.26 Å². The van der Waals surface area contributed by atoms with E-state index in [4.69, 9.17) is 4.74 Å². The number of nitriles is 1. The van der Waals surface area contributed by atoms with Crippen LogP contribution in [0.5, 0.6) is 0 Å². The summed E-state index contributed by atoms with van der Waals surface area (Å²) < 4.78 is 31.8. The van der Waals surface area contributed by atoms with E-state index < -0.39 is 36.0 Å². The predicted molar refractivity (Wildman–Crippen MR) is 126 cm³/mol. The van der Waals surface area contributed by atoms with Gasteiger partial charge in [0.1, 0.15) is 23.9 Å². The Hall–Kier alpha value is -2.42. The van der Waals surface area contributed by atoms with Gasteiger partial charge in [0, 0.05) is 30.9 Å². The smallest absolute Gasteiger partial charge is 0.407 e. The van der Waals surface area contributed by atoms with Crippen molar-refractivity contribution >= 4 is 35.5 Å². The second kappa shape index (κ2) is 11.3. The number of halogens is 2. The molecule has 36 heavy (non-hydrogen) atoms. The maximum absolute atomic E-state index is 13.3. The highest BCUT2D eigenvalue weighted by atomic mass is 32.2. The SMILES string of the molecule is N#CC(CC1CCCC1=O)NC(=O)C1CSC2CCC(NC(=O)OCC3CCC(F)(F)CC3)C(=O)N21. The van der Waals surface area contributed by atoms with Crippen LogP contribution in [-0.2, 0) is 19.1 Å². The van der Waals surface area contributed by atoms with Crippen LogP contribution in [0.1, 0.15) is 64.2 Å². The van der Waals surface area contributed by atoms with Crippen LogP contribution in [0.25, 0.3) is 0 Å². The number of ketones is 1. The molecule has 198 valence electrons. The average Bonchev–Trinajstić information content (AvgIpc) is 3.46. The third-order valence-electron chi connectivity index (χ3n) is 7.65. The van der Waals surface area contributed by atoms with Crippen molar-refractivity contribution in [3.63, 3.8) is 0 Å². The highest BCUT2D eigenvalue weighted by Crippen LogP contribution is 2.38. The van der Waals surface area contributed by atoms with Gasteiger partial charge in [0.2, 0.25) is 17.7 Å². The molecule has 2 aliphatic carbocycles. The normalized spacial score (nSPS) is 30.9. The quantitative estimate of drug-likeness (QED) is 0.522. The molecule has 0 radical (unpaired) electrons. The number of carbonyl (C=O) groups excluding carboxylic acids is 4. The van der Waals surface area contributed by atoms with Crippen molar-refractivity contribution in [1.29, 1.82) is 5.26 Å². The first-order chi connectivity index (χ1) is 17.2. The number of hydrogen-bond donors (Lipinski definition) is 2. The zero-order valence-electron chi connectivity index (χ0n) is 20.0. The molecule has 2 saturated carbocycles. The van der Waals surface area contributed by atoms with Gasteiger partial charge in [-0.05, 0) is 50.9 Å². The lowest BCUT2D eigenvalue weighted by molar-refractivity contribution is -0.143. The number of ether oxygens (including phenoxy) is 1. The fraction of sp³-hybridized carbons (Fsp3) is 0.792. The molecule has 9 nitrogen and oxygen atoms in total. The number of piperidine rings is 1. The van der Waals surface area contributed by atoms with Crippen molar-refractivity contribution in [2.45, 2.75) is 93.6 Å². The van der Waals surface area contributed by atoms with E-state index in [0.717, 1.165) is 12.8 Å². The standard InChI is InChI=1S/C24H32F2N4O5S/c25-24(26)8-6-14(7-9-24)12-35-23(34)29-17-4-5-20-30(22(17)33)18(13-36-20)21(32)28-16(11-27)10-15-2-1-3-19(15)31/h14-18,20H,1-10,12-13H2,(H,28,32)(H,29,34). The number of rotatable bonds is 7. The summed E-state index contributed by atoms with van der Waals surface area (Å²) in [5, 5.41) is 14.6. The molecule has 12 heteroatoms. The zero-order chi connectivity index (χ0) is 25.9. The van der Waals surface area contributed by atoms with Gasteiger partial charge in [0.25, 0.3) is 0 Å². The molecule has 2 heterocycles. The number of hydrogen-bond acceptors (Lipinski definition) is 7. The van der Waals surface area contributed by atoms with Crippen LogP contribution in [0.15, 0.2) is 0 Å². The number of fused-ring (bicyclic) bond motifs is 1. The van der Waals surface area contributed by atoms with Crippen molar-refractivity contribution in [2.75, 3.05) is 12.4 Å². The minimum atomic E-state index is -2.65. The van der Waals surface area contributed by atoms with Crippen LogP contribution in [0.4, 0.5) is 13.6 Å². The van der Waals surface area contributed by atoms with Crippen molar-refractivity contribution < 1.29 is 32.7 Å². The van der Waals surface area contributed by atoms with Crippen molar-refractivity contribution in [2.24, 2.45) is 11.8 Å². The molecule has 2 saturated heterocycles. The third kappa shape index (κ3) is 6.28. The molecule has 3 amide bonds. The molecule has 0 bridgehead atoms. The van der Waals surface area contributed by atoms with E-state index in [0.29, 0.717) is 25.0 Å². The summed E-state index contributed by atoms with van der Waals surface area (Å²) in [5.41, 5.74) is 0. The fourth-order valence-electron chi connectivity index (χ4n) is 5.51. The van der Waals surface area contributed by atoms with Crippen LogP contribution in [0.2, 0.25) is 0 Å². The van der Waals surface area contributed by atoms with Crippen LogP contribution in [0, 0.1) is 23.2 Å². The molecular weight excluding hydrogens is 494 g/mol. The number of carbonyl (C=O) groups is 4. The molecule has 2 N–H and O–H groups in total. The van der Waals surface area contributed by atoms with Gasteiger partial charge in [-0.3, -0.25) is 14.4 Å². The summed E-state index contributed by atoms with van der Waals surface area (Å²) in [4.78, 5) is 51.9. The molecule has 5 atom stereocenters. The monoisotopic (exact) mass is 526 g/mol. The molecule has 0 spiro atoms. The number of amides is 3. The molecule has 5 unspecified atom stereocenters. The van der Waals surface area contributed by atoms with Crippen molar-refractivity contribution in [3.05, 3.63) is 0 Å². The lowest BCUT2D eigenvalue weighted by atomic mass is 9.87. The molecule has 4 aliphatic rings. The zero-order valence-corrected chi connectivity index (χ0v) is 20.9. The lowest BCUT2D eigenvalue weighted by Gasteiger charge is -2.37. The second-order valence-electron chi connectivity index (χ2n) is 10.2. The van der Waals surface area contributed by atoms with Crippen LogP contribution < -0.4 is 10.6 Å². The number of alkyl carbamates (subject to hydrolysis) is 1. The summed E-state index contributed by atoms with van der Waals surface area (Å²) in [6.07, 6.45) is 2.63. The molecular formula is C24H32F2N4O5S. The topological polar surface area (TPSA) is 129 Å². The average molecular weight is 527 g/mol. The summed E-state index contributed by atoms with van der Waals surface area (Å²) in [6.45, 7) is 0.0229. The fourth-order valence-corrected chi connectivity index (χ4v) is 6.94. The number of nitrogens with one attached hydrogen (secondary N) is 2. The Balaban J connectivity index is 1.27. The molecule has 4 rings (SSSR count). The van der Waals surface area contributed by atoms with Crippen LogP contribution in [0.3, 0.4) is 0 Å². The van der Waals surface area contributed by atoms with E-state index in [1.807, 2.05) is 0 Å². The maximum atomic E-state index is 13.3. The van der Waals surface area contributed by atoms with E-state index in [2.05, 4.69) is 16.7 Å².